The standard InChI is InChI=1S/C10H9ClS2/c1-12-6-8-5-7-3-2-4-9(11)10(7)13-8/h2-5H,6H2,1H3. The molecule has 1 aromatic heterocycles. The first-order valence-corrected chi connectivity index (χ1v) is 6.56. The Morgan fingerprint density at radius 3 is 3.00 bits per heavy atom. The largest absolute Gasteiger partial charge is 0.160 e. The molecule has 2 aromatic rings. The maximum absolute atomic E-state index is 6.07. The lowest BCUT2D eigenvalue weighted by atomic mass is 10.2. The highest BCUT2D eigenvalue weighted by atomic mass is 35.5. The Bertz CT molecular complexity index is 420. The normalized spacial score (nSPS) is 10.9. The first kappa shape index (κ1) is 9.38. The number of halogens is 1. The van der Waals surface area contributed by atoms with Gasteiger partial charge in [0.1, 0.15) is 0 Å². The fourth-order valence-electron chi connectivity index (χ4n) is 1.29. The molecule has 0 atom stereocenters. The van der Waals surface area contributed by atoms with E-state index < -0.39 is 0 Å². The molecule has 3 heteroatoms. The van der Waals surface area contributed by atoms with Crippen LogP contribution < -0.4 is 0 Å². The van der Waals surface area contributed by atoms with Crippen LogP contribution in [-0.4, -0.2) is 6.26 Å². The Morgan fingerprint density at radius 1 is 1.46 bits per heavy atom. The Kier molecular flexibility index (Phi) is 2.82. The summed E-state index contributed by atoms with van der Waals surface area (Å²) in [5.74, 6) is 1.08. The van der Waals surface area contributed by atoms with E-state index in [4.69, 9.17) is 11.6 Å². The van der Waals surface area contributed by atoms with Crippen molar-refractivity contribution in [3.63, 3.8) is 0 Å². The Morgan fingerprint density at radius 2 is 2.31 bits per heavy atom. The molecule has 0 fully saturated rings. The molecule has 1 aromatic carbocycles. The van der Waals surface area contributed by atoms with E-state index in [-0.39, 0.29) is 0 Å². The number of thioether (sulfide) groups is 1. The first-order chi connectivity index (χ1) is 6.31. The predicted octanol–water partition coefficient (Wildman–Crippen LogP) is 4.42. The molecule has 0 aliphatic carbocycles. The van der Waals surface area contributed by atoms with Crippen molar-refractivity contribution in [3.05, 3.63) is 34.2 Å². The van der Waals surface area contributed by atoms with Crippen molar-refractivity contribution in [1.82, 2.24) is 0 Å². The maximum Gasteiger partial charge on any atom is 0.0584 e. The van der Waals surface area contributed by atoms with Crippen LogP contribution in [-0.2, 0) is 5.75 Å². The third-order valence-corrected chi connectivity index (χ3v) is 4.23. The minimum atomic E-state index is 0.870. The average molecular weight is 229 g/mol. The lowest BCUT2D eigenvalue weighted by Crippen LogP contribution is -1.66. The van der Waals surface area contributed by atoms with Crippen LogP contribution in [0.4, 0.5) is 0 Å². The topological polar surface area (TPSA) is 0 Å². The molecule has 0 saturated carbocycles. The summed E-state index contributed by atoms with van der Waals surface area (Å²) in [6.45, 7) is 0. The van der Waals surface area contributed by atoms with Gasteiger partial charge in [-0.3, -0.25) is 0 Å². The zero-order valence-electron chi connectivity index (χ0n) is 7.21. The van der Waals surface area contributed by atoms with Crippen molar-refractivity contribution in [3.8, 4) is 0 Å². The molecule has 0 saturated heterocycles. The van der Waals surface area contributed by atoms with E-state index in [1.807, 2.05) is 23.9 Å². The smallest absolute Gasteiger partial charge is 0.0584 e. The van der Waals surface area contributed by atoms with E-state index in [0.717, 1.165) is 10.8 Å². The van der Waals surface area contributed by atoms with Crippen LogP contribution >= 0.6 is 34.7 Å². The molecule has 0 bridgehead atoms. The second-order valence-electron chi connectivity index (χ2n) is 2.80. The average Bonchev–Trinajstić information content (AvgIpc) is 2.49. The predicted molar refractivity (Wildman–Crippen MR) is 64.1 cm³/mol. The summed E-state index contributed by atoms with van der Waals surface area (Å²) < 4.78 is 1.22. The molecule has 2 rings (SSSR count). The quantitative estimate of drug-likeness (QED) is 0.734. The van der Waals surface area contributed by atoms with Crippen molar-refractivity contribution >= 4 is 44.8 Å². The highest BCUT2D eigenvalue weighted by molar-refractivity contribution is 7.97. The van der Waals surface area contributed by atoms with Gasteiger partial charge in [-0.05, 0) is 23.8 Å². The van der Waals surface area contributed by atoms with Crippen LogP contribution in [0.1, 0.15) is 4.88 Å². The Balaban J connectivity index is 2.55. The van der Waals surface area contributed by atoms with Crippen molar-refractivity contribution < 1.29 is 0 Å². The van der Waals surface area contributed by atoms with Gasteiger partial charge in [-0.2, -0.15) is 11.8 Å². The monoisotopic (exact) mass is 228 g/mol. The second kappa shape index (κ2) is 3.91. The molecule has 0 radical (unpaired) electrons. The molecular weight excluding hydrogens is 220 g/mol. The van der Waals surface area contributed by atoms with Crippen molar-refractivity contribution in [2.45, 2.75) is 5.75 Å². The summed E-state index contributed by atoms with van der Waals surface area (Å²) in [6, 6.07) is 8.29. The summed E-state index contributed by atoms with van der Waals surface area (Å²) in [6.07, 6.45) is 2.12. The van der Waals surface area contributed by atoms with Gasteiger partial charge in [0.25, 0.3) is 0 Å². The molecule has 1 heterocycles. The third-order valence-electron chi connectivity index (χ3n) is 1.83. The number of rotatable bonds is 2. The summed E-state index contributed by atoms with van der Waals surface area (Å²) in [5, 5.41) is 2.14. The van der Waals surface area contributed by atoms with Crippen LogP contribution in [0, 0.1) is 0 Å². The highest BCUT2D eigenvalue weighted by Gasteiger charge is 2.03. The SMILES string of the molecule is CSCc1cc2cccc(Cl)c2s1. The molecule has 0 N–H and O–H groups in total. The van der Waals surface area contributed by atoms with E-state index >= 15 is 0 Å². The lowest BCUT2D eigenvalue weighted by molar-refractivity contribution is 1.56. The number of fused-ring (bicyclic) bond motifs is 1. The summed E-state index contributed by atoms with van der Waals surface area (Å²) in [5.41, 5.74) is 0. The Labute approximate surface area is 90.9 Å². The van der Waals surface area contributed by atoms with Gasteiger partial charge in [0.15, 0.2) is 0 Å². The maximum atomic E-state index is 6.07. The molecular formula is C10H9ClS2. The summed E-state index contributed by atoms with van der Waals surface area (Å²) >= 11 is 9.71. The number of hydrogen-bond donors (Lipinski definition) is 0. The van der Waals surface area contributed by atoms with Gasteiger partial charge in [-0.25, -0.2) is 0 Å². The van der Waals surface area contributed by atoms with Crippen LogP contribution in [0.3, 0.4) is 0 Å². The summed E-state index contributed by atoms with van der Waals surface area (Å²) in [4.78, 5) is 1.40. The van der Waals surface area contributed by atoms with Gasteiger partial charge in [-0.1, -0.05) is 23.7 Å². The van der Waals surface area contributed by atoms with Gasteiger partial charge in [0.05, 0.1) is 9.72 Å². The number of hydrogen-bond acceptors (Lipinski definition) is 2. The molecule has 0 unspecified atom stereocenters. The minimum absolute atomic E-state index is 0.870. The van der Waals surface area contributed by atoms with Crippen molar-refractivity contribution in [2.24, 2.45) is 0 Å². The van der Waals surface area contributed by atoms with E-state index in [1.165, 1.54) is 15.0 Å². The first-order valence-electron chi connectivity index (χ1n) is 3.97. The van der Waals surface area contributed by atoms with Gasteiger partial charge in [0.2, 0.25) is 0 Å². The van der Waals surface area contributed by atoms with E-state index in [9.17, 15) is 0 Å². The van der Waals surface area contributed by atoms with Crippen LogP contribution in [0.2, 0.25) is 5.02 Å². The van der Waals surface area contributed by atoms with Gasteiger partial charge >= 0.3 is 0 Å². The zero-order valence-corrected chi connectivity index (χ0v) is 9.60. The van der Waals surface area contributed by atoms with E-state index in [0.29, 0.717) is 0 Å². The lowest BCUT2D eigenvalue weighted by Gasteiger charge is -1.89. The molecule has 0 spiro atoms. The molecule has 13 heavy (non-hydrogen) atoms. The van der Waals surface area contributed by atoms with Crippen LogP contribution in [0.5, 0.6) is 0 Å². The third kappa shape index (κ3) is 1.85. The number of benzene rings is 1. The zero-order chi connectivity index (χ0) is 9.26. The number of thiophene rings is 1. The van der Waals surface area contributed by atoms with E-state index in [2.05, 4.69) is 18.4 Å². The van der Waals surface area contributed by atoms with Crippen molar-refractivity contribution in [2.75, 3.05) is 6.26 Å². The van der Waals surface area contributed by atoms with Crippen molar-refractivity contribution in [1.29, 1.82) is 0 Å². The molecule has 0 amide bonds. The minimum Gasteiger partial charge on any atom is -0.160 e. The van der Waals surface area contributed by atoms with Gasteiger partial charge < -0.3 is 0 Å². The van der Waals surface area contributed by atoms with Gasteiger partial charge in [0, 0.05) is 10.6 Å². The molecule has 68 valence electrons. The van der Waals surface area contributed by atoms with Crippen LogP contribution in [0.25, 0.3) is 10.1 Å². The second-order valence-corrected chi connectivity index (χ2v) is 5.21. The molecule has 0 nitrogen and oxygen atoms in total. The fourth-order valence-corrected chi connectivity index (χ4v) is 3.41. The Hall–Kier alpha value is -0.180. The molecule has 0 aliphatic rings. The fraction of sp³-hybridized carbons (Fsp3) is 0.200. The highest BCUT2D eigenvalue weighted by Crippen LogP contribution is 2.32. The molecule has 0 aliphatic heterocycles. The van der Waals surface area contributed by atoms with Gasteiger partial charge in [-0.15, -0.1) is 11.3 Å². The summed E-state index contributed by atoms with van der Waals surface area (Å²) in [7, 11) is 0. The van der Waals surface area contributed by atoms with E-state index in [1.54, 1.807) is 11.3 Å². The van der Waals surface area contributed by atoms with Crippen LogP contribution in [0.15, 0.2) is 24.3 Å².